The Labute approximate surface area is 175 Å². The minimum atomic E-state index is -0.423. The number of benzene rings is 2. The topological polar surface area (TPSA) is 64.0 Å². The Kier molecular flexibility index (Phi) is 5.44. The first-order valence-electron chi connectivity index (χ1n) is 9.99. The molecule has 0 saturated heterocycles. The maximum absolute atomic E-state index is 13.2. The van der Waals surface area contributed by atoms with E-state index < -0.39 is 5.91 Å². The van der Waals surface area contributed by atoms with Gasteiger partial charge in [0.05, 0.1) is 6.54 Å². The van der Waals surface area contributed by atoms with Crippen LogP contribution in [0.3, 0.4) is 0 Å². The van der Waals surface area contributed by atoms with E-state index in [0.29, 0.717) is 17.9 Å². The largest absolute Gasteiger partial charge is 0.322 e. The second-order valence-electron chi connectivity index (χ2n) is 7.36. The molecule has 0 fully saturated rings. The second kappa shape index (κ2) is 8.33. The zero-order valence-electron chi connectivity index (χ0n) is 17.1. The maximum atomic E-state index is 13.2. The van der Waals surface area contributed by atoms with Crippen LogP contribution in [0.4, 0.5) is 5.69 Å². The normalized spacial score (nSPS) is 10.9. The Morgan fingerprint density at radius 2 is 1.70 bits per heavy atom. The van der Waals surface area contributed by atoms with Crippen molar-refractivity contribution in [3.63, 3.8) is 0 Å². The van der Waals surface area contributed by atoms with Crippen LogP contribution < -0.4 is 10.9 Å². The monoisotopic (exact) mass is 397 g/mol. The lowest BCUT2D eigenvalue weighted by Crippen LogP contribution is -2.30. The van der Waals surface area contributed by atoms with Gasteiger partial charge in [-0.25, -0.2) is 4.98 Å². The fourth-order valence-corrected chi connectivity index (χ4v) is 3.41. The van der Waals surface area contributed by atoms with Crippen LogP contribution in [0.5, 0.6) is 0 Å². The summed E-state index contributed by atoms with van der Waals surface area (Å²) >= 11 is 0. The van der Waals surface area contributed by atoms with Gasteiger partial charge in [0.15, 0.2) is 0 Å². The van der Waals surface area contributed by atoms with Crippen molar-refractivity contribution in [2.45, 2.75) is 26.8 Å². The molecule has 5 nitrogen and oxygen atoms in total. The van der Waals surface area contributed by atoms with E-state index >= 15 is 0 Å². The first-order valence-corrected chi connectivity index (χ1v) is 9.99. The molecule has 150 valence electrons. The van der Waals surface area contributed by atoms with Crippen LogP contribution in [0.2, 0.25) is 0 Å². The number of nitrogens with one attached hydrogen (secondary N) is 1. The molecule has 0 aliphatic heterocycles. The third-order valence-electron chi connectivity index (χ3n) is 5.17. The van der Waals surface area contributed by atoms with Crippen LogP contribution in [0.15, 0.2) is 77.7 Å². The molecule has 4 rings (SSSR count). The van der Waals surface area contributed by atoms with Gasteiger partial charge < -0.3 is 5.32 Å². The van der Waals surface area contributed by atoms with Gasteiger partial charge >= 0.3 is 0 Å². The van der Waals surface area contributed by atoms with Gasteiger partial charge in [-0.05, 0) is 54.8 Å². The van der Waals surface area contributed by atoms with E-state index in [9.17, 15) is 9.59 Å². The number of aryl methyl sites for hydroxylation is 2. The molecule has 0 unspecified atom stereocenters. The standard InChI is InChI=1S/C25H23N3O2/c1-3-18-10-12-21(13-11-18)27-24(29)22-15-20-5-4-14-26-23(20)28(25(22)30)16-19-8-6-17(2)7-9-19/h4-15H,3,16H2,1-2H3,(H,27,29). The minimum Gasteiger partial charge on any atom is -0.322 e. The number of nitrogens with zero attached hydrogens (tertiary/aromatic N) is 2. The molecule has 30 heavy (non-hydrogen) atoms. The SMILES string of the molecule is CCc1ccc(NC(=O)c2cc3cccnc3n(Cc3ccc(C)cc3)c2=O)cc1. The Hall–Kier alpha value is -3.73. The molecule has 0 aliphatic rings. The Morgan fingerprint density at radius 1 is 1.00 bits per heavy atom. The van der Waals surface area contributed by atoms with Gasteiger partial charge in [0.1, 0.15) is 11.2 Å². The fourth-order valence-electron chi connectivity index (χ4n) is 3.41. The van der Waals surface area contributed by atoms with Crippen LogP contribution >= 0.6 is 0 Å². The van der Waals surface area contributed by atoms with E-state index in [0.717, 1.165) is 22.9 Å². The average Bonchev–Trinajstić information content (AvgIpc) is 2.77. The highest BCUT2D eigenvalue weighted by Gasteiger charge is 2.17. The summed E-state index contributed by atoms with van der Waals surface area (Å²) < 4.78 is 1.56. The van der Waals surface area contributed by atoms with Gasteiger partial charge in [-0.2, -0.15) is 0 Å². The fraction of sp³-hybridized carbons (Fsp3) is 0.160. The van der Waals surface area contributed by atoms with Gasteiger partial charge in [0.25, 0.3) is 11.5 Å². The molecule has 0 bridgehead atoms. The van der Waals surface area contributed by atoms with Crippen molar-refractivity contribution in [2.24, 2.45) is 0 Å². The lowest BCUT2D eigenvalue weighted by Gasteiger charge is -2.13. The highest BCUT2D eigenvalue weighted by molar-refractivity contribution is 6.05. The highest BCUT2D eigenvalue weighted by Crippen LogP contribution is 2.15. The summed E-state index contributed by atoms with van der Waals surface area (Å²) in [6.45, 7) is 4.44. The van der Waals surface area contributed by atoms with Crippen LogP contribution in [-0.4, -0.2) is 15.5 Å². The molecule has 4 aromatic rings. The van der Waals surface area contributed by atoms with E-state index in [1.807, 2.05) is 61.5 Å². The molecule has 5 heteroatoms. The Bertz CT molecular complexity index is 1260. The van der Waals surface area contributed by atoms with Gasteiger partial charge in [0, 0.05) is 17.3 Å². The number of anilines is 1. The number of carbonyl (C=O) groups excluding carboxylic acids is 1. The summed E-state index contributed by atoms with van der Waals surface area (Å²) in [4.78, 5) is 30.6. The van der Waals surface area contributed by atoms with E-state index in [1.54, 1.807) is 22.9 Å². The van der Waals surface area contributed by atoms with Crippen LogP contribution in [0.1, 0.15) is 34.0 Å². The van der Waals surface area contributed by atoms with Crippen molar-refractivity contribution in [1.29, 1.82) is 0 Å². The number of rotatable bonds is 5. The molecule has 0 radical (unpaired) electrons. The van der Waals surface area contributed by atoms with E-state index in [4.69, 9.17) is 0 Å². The van der Waals surface area contributed by atoms with E-state index in [1.165, 1.54) is 5.56 Å². The molecule has 2 aromatic heterocycles. The lowest BCUT2D eigenvalue weighted by atomic mass is 10.1. The van der Waals surface area contributed by atoms with Gasteiger partial charge in [-0.1, -0.05) is 48.9 Å². The van der Waals surface area contributed by atoms with Crippen LogP contribution in [-0.2, 0) is 13.0 Å². The van der Waals surface area contributed by atoms with Crippen molar-refractivity contribution < 1.29 is 4.79 Å². The number of fused-ring (bicyclic) bond motifs is 1. The van der Waals surface area contributed by atoms with Crippen LogP contribution in [0, 0.1) is 6.92 Å². The van der Waals surface area contributed by atoms with Gasteiger partial charge in [-0.15, -0.1) is 0 Å². The molecule has 0 saturated carbocycles. The number of hydrogen-bond donors (Lipinski definition) is 1. The summed E-state index contributed by atoms with van der Waals surface area (Å²) in [5, 5.41) is 3.59. The molecule has 2 aromatic carbocycles. The van der Waals surface area contributed by atoms with Crippen molar-refractivity contribution in [2.75, 3.05) is 5.32 Å². The first-order chi connectivity index (χ1) is 14.5. The summed E-state index contributed by atoms with van der Waals surface area (Å²) in [5.41, 5.74) is 4.27. The van der Waals surface area contributed by atoms with Crippen molar-refractivity contribution >= 4 is 22.6 Å². The molecule has 0 atom stereocenters. The third kappa shape index (κ3) is 4.01. The predicted octanol–water partition coefficient (Wildman–Crippen LogP) is 4.57. The third-order valence-corrected chi connectivity index (χ3v) is 5.17. The smallest absolute Gasteiger partial charge is 0.265 e. The Morgan fingerprint density at radius 3 is 2.40 bits per heavy atom. The van der Waals surface area contributed by atoms with Crippen molar-refractivity contribution in [3.05, 3.63) is 106 Å². The van der Waals surface area contributed by atoms with E-state index in [-0.39, 0.29) is 11.1 Å². The molecule has 1 N–H and O–H groups in total. The number of pyridine rings is 2. The van der Waals surface area contributed by atoms with Gasteiger partial charge in [0.2, 0.25) is 0 Å². The quantitative estimate of drug-likeness (QED) is 0.537. The molecule has 0 spiro atoms. The van der Waals surface area contributed by atoms with Crippen molar-refractivity contribution in [3.8, 4) is 0 Å². The summed E-state index contributed by atoms with van der Waals surface area (Å²) in [7, 11) is 0. The maximum Gasteiger partial charge on any atom is 0.265 e. The summed E-state index contributed by atoms with van der Waals surface area (Å²) in [5.74, 6) is -0.423. The highest BCUT2D eigenvalue weighted by atomic mass is 16.2. The molecular weight excluding hydrogens is 374 g/mol. The predicted molar refractivity (Wildman–Crippen MR) is 120 cm³/mol. The number of amides is 1. The Balaban J connectivity index is 1.74. The van der Waals surface area contributed by atoms with Gasteiger partial charge in [-0.3, -0.25) is 14.2 Å². The molecule has 2 heterocycles. The first kappa shape index (κ1) is 19.6. The van der Waals surface area contributed by atoms with E-state index in [2.05, 4.69) is 17.2 Å². The zero-order chi connectivity index (χ0) is 21.1. The number of aromatic nitrogens is 2. The lowest BCUT2D eigenvalue weighted by molar-refractivity contribution is 0.102. The summed E-state index contributed by atoms with van der Waals surface area (Å²) in [6.07, 6.45) is 2.58. The molecule has 0 aliphatic carbocycles. The van der Waals surface area contributed by atoms with Crippen molar-refractivity contribution in [1.82, 2.24) is 9.55 Å². The number of carbonyl (C=O) groups is 1. The minimum absolute atomic E-state index is 0.0992. The molecule has 1 amide bonds. The number of hydrogen-bond acceptors (Lipinski definition) is 3. The average molecular weight is 397 g/mol. The second-order valence-corrected chi connectivity index (χ2v) is 7.36. The zero-order valence-corrected chi connectivity index (χ0v) is 17.1. The van der Waals surface area contributed by atoms with Crippen LogP contribution in [0.25, 0.3) is 11.0 Å². The molecular formula is C25H23N3O2. The summed E-state index contributed by atoms with van der Waals surface area (Å²) in [6, 6.07) is 20.9.